The fraction of sp³-hybridized carbons (Fsp3) is 0.500. The fourth-order valence-corrected chi connectivity index (χ4v) is 3.29. The molecule has 26 heavy (non-hydrogen) atoms. The lowest BCUT2D eigenvalue weighted by molar-refractivity contribution is -0.136. The van der Waals surface area contributed by atoms with Crippen LogP contribution in [0.3, 0.4) is 0 Å². The van der Waals surface area contributed by atoms with Gasteiger partial charge in [0.25, 0.3) is 5.91 Å². The molecule has 0 spiro atoms. The molecule has 2 aliphatic heterocycles. The highest BCUT2D eigenvalue weighted by molar-refractivity contribution is 6.05. The number of piperidine rings is 1. The number of nitrogens with zero attached hydrogens (tertiary/aromatic N) is 1. The van der Waals surface area contributed by atoms with E-state index in [2.05, 4.69) is 10.6 Å². The van der Waals surface area contributed by atoms with Gasteiger partial charge in [-0.15, -0.1) is 0 Å². The van der Waals surface area contributed by atoms with E-state index in [1.165, 1.54) is 4.90 Å². The Morgan fingerprint density at radius 3 is 2.85 bits per heavy atom. The van der Waals surface area contributed by atoms with E-state index < -0.39 is 17.6 Å². The summed E-state index contributed by atoms with van der Waals surface area (Å²) in [6, 6.07) is 4.95. The Kier molecular flexibility index (Phi) is 5.08. The summed E-state index contributed by atoms with van der Waals surface area (Å²) in [7, 11) is 0. The third kappa shape index (κ3) is 3.77. The monoisotopic (exact) mass is 360 g/mol. The van der Waals surface area contributed by atoms with E-state index >= 15 is 0 Å². The number of aliphatic hydroxyl groups is 1. The number of carbonyl (C=O) groups is 3. The predicted octanol–water partition coefficient (Wildman–Crippen LogP) is -0.753. The third-order valence-corrected chi connectivity index (χ3v) is 4.86. The Morgan fingerprint density at radius 1 is 1.38 bits per heavy atom. The topological polar surface area (TPSA) is 125 Å². The Bertz CT molecular complexity index is 747. The summed E-state index contributed by atoms with van der Waals surface area (Å²) in [6.07, 6.45) is 0.597. The van der Waals surface area contributed by atoms with Crippen LogP contribution in [-0.2, 0) is 22.7 Å². The molecule has 5 N–H and O–H groups in total. The van der Waals surface area contributed by atoms with Crippen LogP contribution in [0.25, 0.3) is 0 Å². The maximum Gasteiger partial charge on any atom is 0.255 e. The van der Waals surface area contributed by atoms with Crippen LogP contribution in [0.2, 0.25) is 0 Å². The van der Waals surface area contributed by atoms with Gasteiger partial charge in [0.05, 0.1) is 5.60 Å². The quantitative estimate of drug-likeness (QED) is 0.495. The van der Waals surface area contributed by atoms with Crippen molar-refractivity contribution in [2.24, 2.45) is 5.73 Å². The van der Waals surface area contributed by atoms with Crippen molar-refractivity contribution in [1.82, 2.24) is 15.5 Å². The SMILES string of the molecule is CC(O)(CN)CNCc1ccc2c(c1)CN(C1CCC(=O)NC1=O)C2=O. The maximum atomic E-state index is 12.6. The number of nitrogens with one attached hydrogen (secondary N) is 2. The number of nitrogens with two attached hydrogens (primary N) is 1. The molecule has 8 heteroatoms. The number of benzene rings is 1. The predicted molar refractivity (Wildman–Crippen MR) is 93.9 cm³/mol. The molecule has 1 aromatic rings. The summed E-state index contributed by atoms with van der Waals surface area (Å²) in [5, 5.41) is 15.4. The molecule has 140 valence electrons. The van der Waals surface area contributed by atoms with Crippen LogP contribution in [0.1, 0.15) is 41.3 Å². The van der Waals surface area contributed by atoms with E-state index in [-0.39, 0.29) is 24.8 Å². The van der Waals surface area contributed by atoms with E-state index in [1.54, 1.807) is 13.0 Å². The second-order valence-electron chi connectivity index (χ2n) is 7.20. The van der Waals surface area contributed by atoms with Crippen molar-refractivity contribution in [3.63, 3.8) is 0 Å². The lowest BCUT2D eigenvalue weighted by Gasteiger charge is -2.29. The maximum absolute atomic E-state index is 12.6. The van der Waals surface area contributed by atoms with E-state index in [1.807, 2.05) is 12.1 Å². The first kappa shape index (κ1) is 18.5. The van der Waals surface area contributed by atoms with Crippen LogP contribution in [0, 0.1) is 0 Å². The first-order valence-corrected chi connectivity index (χ1v) is 8.70. The van der Waals surface area contributed by atoms with Gasteiger partial charge in [0.15, 0.2) is 0 Å². The zero-order chi connectivity index (χ0) is 18.9. The number of fused-ring (bicyclic) bond motifs is 1. The Balaban J connectivity index is 1.66. The molecule has 1 aromatic carbocycles. The smallest absolute Gasteiger partial charge is 0.255 e. The van der Waals surface area contributed by atoms with E-state index in [0.717, 1.165) is 11.1 Å². The van der Waals surface area contributed by atoms with Gasteiger partial charge in [-0.3, -0.25) is 19.7 Å². The lowest BCUT2D eigenvalue weighted by atomic mass is 10.0. The number of carbonyl (C=O) groups excluding carboxylic acids is 3. The van der Waals surface area contributed by atoms with Gasteiger partial charge in [-0.05, 0) is 30.5 Å². The minimum Gasteiger partial charge on any atom is -0.388 e. The van der Waals surface area contributed by atoms with Gasteiger partial charge < -0.3 is 21.1 Å². The van der Waals surface area contributed by atoms with E-state index in [4.69, 9.17) is 5.73 Å². The molecular weight excluding hydrogens is 336 g/mol. The molecule has 1 fully saturated rings. The summed E-state index contributed by atoms with van der Waals surface area (Å²) in [6.45, 7) is 3.09. The highest BCUT2D eigenvalue weighted by Gasteiger charge is 2.39. The first-order chi connectivity index (χ1) is 12.3. The Labute approximate surface area is 151 Å². The van der Waals surface area contributed by atoms with Crippen LogP contribution >= 0.6 is 0 Å². The van der Waals surface area contributed by atoms with Crippen molar-refractivity contribution in [3.05, 3.63) is 34.9 Å². The average molecular weight is 360 g/mol. The number of amides is 3. The molecule has 3 rings (SSSR count). The molecule has 2 unspecified atom stereocenters. The Hall–Kier alpha value is -2.29. The second-order valence-corrected chi connectivity index (χ2v) is 7.20. The second kappa shape index (κ2) is 7.14. The number of hydrogen-bond acceptors (Lipinski definition) is 6. The molecule has 0 bridgehead atoms. The molecule has 3 amide bonds. The van der Waals surface area contributed by atoms with Gasteiger partial charge in [-0.1, -0.05) is 12.1 Å². The molecule has 1 saturated heterocycles. The third-order valence-electron chi connectivity index (χ3n) is 4.86. The van der Waals surface area contributed by atoms with Crippen LogP contribution in [0.5, 0.6) is 0 Å². The van der Waals surface area contributed by atoms with Crippen molar-refractivity contribution in [3.8, 4) is 0 Å². The van der Waals surface area contributed by atoms with Crippen molar-refractivity contribution in [1.29, 1.82) is 0 Å². The highest BCUT2D eigenvalue weighted by atomic mass is 16.3. The minimum atomic E-state index is -0.963. The van der Waals surface area contributed by atoms with Gasteiger partial charge in [-0.2, -0.15) is 0 Å². The molecule has 2 atom stereocenters. The summed E-state index contributed by atoms with van der Waals surface area (Å²) < 4.78 is 0. The van der Waals surface area contributed by atoms with Gasteiger partial charge in [0, 0.05) is 38.2 Å². The average Bonchev–Trinajstić information content (AvgIpc) is 2.91. The summed E-state index contributed by atoms with van der Waals surface area (Å²) in [5.41, 5.74) is 6.97. The molecule has 2 heterocycles. The molecule has 0 radical (unpaired) electrons. The number of imide groups is 1. The number of rotatable bonds is 6. The van der Waals surface area contributed by atoms with E-state index in [9.17, 15) is 19.5 Å². The molecule has 2 aliphatic rings. The van der Waals surface area contributed by atoms with Crippen LogP contribution in [-0.4, -0.2) is 52.5 Å². The number of hydrogen-bond donors (Lipinski definition) is 4. The van der Waals surface area contributed by atoms with E-state index in [0.29, 0.717) is 31.6 Å². The largest absolute Gasteiger partial charge is 0.388 e. The zero-order valence-electron chi connectivity index (χ0n) is 14.7. The lowest BCUT2D eigenvalue weighted by Crippen LogP contribution is -2.52. The van der Waals surface area contributed by atoms with Gasteiger partial charge >= 0.3 is 0 Å². The standard InChI is InChI=1S/C18H24N4O4/c1-18(26,9-19)10-20-7-11-2-3-13-12(6-11)8-22(17(13)25)14-4-5-15(23)21-16(14)24/h2-3,6,14,20,26H,4-5,7-10,19H2,1H3,(H,21,23,24). The van der Waals surface area contributed by atoms with Crippen LogP contribution in [0.4, 0.5) is 0 Å². The molecule has 0 saturated carbocycles. The highest BCUT2D eigenvalue weighted by Crippen LogP contribution is 2.28. The van der Waals surface area contributed by atoms with Crippen molar-refractivity contribution in [2.75, 3.05) is 13.1 Å². The van der Waals surface area contributed by atoms with Gasteiger partial charge in [0.1, 0.15) is 6.04 Å². The van der Waals surface area contributed by atoms with Crippen molar-refractivity contribution >= 4 is 17.7 Å². The molecular formula is C18H24N4O4. The molecule has 0 aliphatic carbocycles. The van der Waals surface area contributed by atoms with Gasteiger partial charge in [-0.25, -0.2) is 0 Å². The summed E-state index contributed by atoms with van der Waals surface area (Å²) >= 11 is 0. The first-order valence-electron chi connectivity index (χ1n) is 8.70. The molecule has 8 nitrogen and oxygen atoms in total. The minimum absolute atomic E-state index is 0.166. The molecule has 0 aromatic heterocycles. The normalized spacial score (nSPS) is 22.2. The summed E-state index contributed by atoms with van der Waals surface area (Å²) in [5.74, 6) is -0.884. The van der Waals surface area contributed by atoms with Crippen LogP contribution in [0.15, 0.2) is 18.2 Å². The van der Waals surface area contributed by atoms with Gasteiger partial charge in [0.2, 0.25) is 11.8 Å². The Morgan fingerprint density at radius 2 is 2.15 bits per heavy atom. The fourth-order valence-electron chi connectivity index (χ4n) is 3.29. The van der Waals surface area contributed by atoms with Crippen molar-refractivity contribution < 1.29 is 19.5 Å². The van der Waals surface area contributed by atoms with Crippen LogP contribution < -0.4 is 16.4 Å². The summed E-state index contributed by atoms with van der Waals surface area (Å²) in [4.78, 5) is 37.5. The van der Waals surface area contributed by atoms with Crippen molar-refractivity contribution in [2.45, 2.75) is 44.5 Å². The zero-order valence-corrected chi connectivity index (χ0v) is 14.7.